The van der Waals surface area contributed by atoms with Crippen molar-refractivity contribution in [2.45, 2.75) is 37.5 Å². The molecule has 8 heteroatoms. The Morgan fingerprint density at radius 2 is 2.00 bits per heavy atom. The average Bonchev–Trinajstić information content (AvgIpc) is 2.95. The molecule has 0 aliphatic carbocycles. The van der Waals surface area contributed by atoms with E-state index in [1.165, 1.54) is 16.6 Å². The Morgan fingerprint density at radius 3 is 2.67 bits per heavy atom. The van der Waals surface area contributed by atoms with Crippen LogP contribution in [-0.4, -0.2) is 40.4 Å². The van der Waals surface area contributed by atoms with Crippen molar-refractivity contribution in [3.8, 4) is 0 Å². The predicted octanol–water partition coefficient (Wildman–Crippen LogP) is 0.760. The number of H-pyrrole nitrogens is 1. The van der Waals surface area contributed by atoms with Crippen LogP contribution in [0.15, 0.2) is 22.0 Å². The van der Waals surface area contributed by atoms with E-state index in [4.69, 9.17) is 0 Å². The number of aryl methyl sites for hydroxylation is 1. The van der Waals surface area contributed by atoms with Gasteiger partial charge in [-0.25, -0.2) is 13.5 Å². The highest BCUT2D eigenvalue weighted by Gasteiger charge is 2.27. The second-order valence-corrected chi connectivity index (χ2v) is 7.16. The SMILES string of the molecule is CCc1n[nH]c(=O)c2cc(S(=O)(=O)N3CCCCC3)cn12. The zero-order valence-corrected chi connectivity index (χ0v) is 12.7. The first kappa shape index (κ1) is 14.3. The summed E-state index contributed by atoms with van der Waals surface area (Å²) >= 11 is 0. The van der Waals surface area contributed by atoms with Gasteiger partial charge in [0.1, 0.15) is 16.2 Å². The van der Waals surface area contributed by atoms with E-state index in [2.05, 4.69) is 10.2 Å². The van der Waals surface area contributed by atoms with Crippen molar-refractivity contribution >= 4 is 15.5 Å². The zero-order chi connectivity index (χ0) is 15.0. The summed E-state index contributed by atoms with van der Waals surface area (Å²) in [5.41, 5.74) is -0.0651. The minimum Gasteiger partial charge on any atom is -0.297 e. The number of fused-ring (bicyclic) bond motifs is 1. The molecular formula is C13H18N4O3S. The van der Waals surface area contributed by atoms with Crippen molar-refractivity contribution in [1.29, 1.82) is 0 Å². The Morgan fingerprint density at radius 1 is 1.29 bits per heavy atom. The fourth-order valence-electron chi connectivity index (χ4n) is 2.70. The van der Waals surface area contributed by atoms with E-state index >= 15 is 0 Å². The maximum absolute atomic E-state index is 12.6. The average molecular weight is 310 g/mol. The van der Waals surface area contributed by atoms with E-state index in [-0.39, 0.29) is 10.5 Å². The number of rotatable bonds is 3. The lowest BCUT2D eigenvalue weighted by molar-refractivity contribution is 0.346. The highest BCUT2D eigenvalue weighted by atomic mass is 32.2. The molecule has 1 aliphatic rings. The van der Waals surface area contributed by atoms with E-state index in [1.54, 1.807) is 4.40 Å². The van der Waals surface area contributed by atoms with E-state index in [0.717, 1.165) is 19.3 Å². The van der Waals surface area contributed by atoms with E-state index in [0.29, 0.717) is 30.9 Å². The summed E-state index contributed by atoms with van der Waals surface area (Å²) in [6.07, 6.45) is 4.93. The number of aromatic amines is 1. The monoisotopic (exact) mass is 310 g/mol. The van der Waals surface area contributed by atoms with Crippen LogP contribution in [-0.2, 0) is 16.4 Å². The van der Waals surface area contributed by atoms with Gasteiger partial charge in [0, 0.05) is 25.7 Å². The molecule has 2 aromatic rings. The highest BCUT2D eigenvalue weighted by molar-refractivity contribution is 7.89. The summed E-state index contributed by atoms with van der Waals surface area (Å²) in [5.74, 6) is 0.629. The van der Waals surface area contributed by atoms with Gasteiger partial charge < -0.3 is 0 Å². The minimum atomic E-state index is -3.53. The quantitative estimate of drug-likeness (QED) is 0.906. The second kappa shape index (κ2) is 5.27. The summed E-state index contributed by atoms with van der Waals surface area (Å²) in [6, 6.07) is 1.43. The van der Waals surface area contributed by atoms with Crippen LogP contribution < -0.4 is 5.56 Å². The lowest BCUT2D eigenvalue weighted by Crippen LogP contribution is -2.35. The Labute approximate surface area is 122 Å². The number of aromatic nitrogens is 3. The summed E-state index contributed by atoms with van der Waals surface area (Å²) < 4.78 is 28.4. The molecule has 3 rings (SSSR count). The van der Waals surface area contributed by atoms with Crippen molar-refractivity contribution in [2.75, 3.05) is 13.1 Å². The molecule has 1 fully saturated rings. The Hall–Kier alpha value is -1.67. The van der Waals surface area contributed by atoms with Crippen LogP contribution in [0.5, 0.6) is 0 Å². The second-order valence-electron chi connectivity index (χ2n) is 5.22. The van der Waals surface area contributed by atoms with Gasteiger partial charge in [-0.15, -0.1) is 0 Å². The molecule has 0 unspecified atom stereocenters. The molecule has 0 amide bonds. The molecule has 21 heavy (non-hydrogen) atoms. The molecule has 0 radical (unpaired) electrons. The molecule has 1 aliphatic heterocycles. The highest BCUT2D eigenvalue weighted by Crippen LogP contribution is 2.22. The van der Waals surface area contributed by atoms with Crippen LogP contribution in [0.4, 0.5) is 0 Å². The number of nitrogens with zero attached hydrogens (tertiary/aromatic N) is 3. The molecule has 1 saturated heterocycles. The first-order valence-electron chi connectivity index (χ1n) is 7.14. The topological polar surface area (TPSA) is 87.5 Å². The van der Waals surface area contributed by atoms with Crippen molar-refractivity contribution in [3.63, 3.8) is 0 Å². The van der Waals surface area contributed by atoms with Crippen molar-refractivity contribution < 1.29 is 8.42 Å². The molecule has 7 nitrogen and oxygen atoms in total. The van der Waals surface area contributed by atoms with Crippen LogP contribution in [0, 0.1) is 0 Å². The Kier molecular flexibility index (Phi) is 3.58. The van der Waals surface area contributed by atoms with Gasteiger partial charge in [0.15, 0.2) is 0 Å². The molecule has 3 heterocycles. The van der Waals surface area contributed by atoms with Crippen LogP contribution >= 0.6 is 0 Å². The van der Waals surface area contributed by atoms with Gasteiger partial charge >= 0.3 is 0 Å². The molecule has 114 valence electrons. The smallest absolute Gasteiger partial charge is 0.288 e. The normalized spacial score (nSPS) is 17.4. The van der Waals surface area contributed by atoms with Gasteiger partial charge in [0.2, 0.25) is 10.0 Å². The molecule has 2 aromatic heterocycles. The summed E-state index contributed by atoms with van der Waals surface area (Å²) in [5, 5.41) is 6.35. The molecule has 0 saturated carbocycles. The number of sulfonamides is 1. The summed E-state index contributed by atoms with van der Waals surface area (Å²) in [7, 11) is -3.53. The van der Waals surface area contributed by atoms with Gasteiger partial charge in [-0.3, -0.25) is 9.20 Å². The number of nitrogens with one attached hydrogen (secondary N) is 1. The maximum Gasteiger partial charge on any atom is 0.288 e. The number of hydrogen-bond acceptors (Lipinski definition) is 4. The largest absolute Gasteiger partial charge is 0.297 e. The number of hydrogen-bond donors (Lipinski definition) is 1. The first-order chi connectivity index (χ1) is 10.0. The maximum atomic E-state index is 12.6. The first-order valence-corrected chi connectivity index (χ1v) is 8.58. The van der Waals surface area contributed by atoms with Gasteiger partial charge in [-0.2, -0.15) is 9.40 Å². The zero-order valence-electron chi connectivity index (χ0n) is 11.9. The molecule has 0 spiro atoms. The third-order valence-electron chi connectivity index (χ3n) is 3.86. The van der Waals surface area contributed by atoms with E-state index in [9.17, 15) is 13.2 Å². The van der Waals surface area contributed by atoms with Crippen molar-refractivity contribution in [1.82, 2.24) is 18.9 Å². The Balaban J connectivity index is 2.12. The third-order valence-corrected chi connectivity index (χ3v) is 5.73. The predicted molar refractivity (Wildman–Crippen MR) is 77.8 cm³/mol. The molecular weight excluding hydrogens is 292 g/mol. The third kappa shape index (κ3) is 2.38. The van der Waals surface area contributed by atoms with Crippen molar-refractivity contribution in [3.05, 3.63) is 28.4 Å². The molecule has 0 bridgehead atoms. The van der Waals surface area contributed by atoms with Crippen LogP contribution in [0.3, 0.4) is 0 Å². The molecule has 0 atom stereocenters. The van der Waals surface area contributed by atoms with Gasteiger partial charge in [-0.05, 0) is 18.9 Å². The van der Waals surface area contributed by atoms with Gasteiger partial charge in [0.05, 0.1) is 0 Å². The lowest BCUT2D eigenvalue weighted by atomic mass is 10.2. The van der Waals surface area contributed by atoms with Gasteiger partial charge in [-0.1, -0.05) is 13.3 Å². The molecule has 0 aromatic carbocycles. The minimum absolute atomic E-state index is 0.164. The fraction of sp³-hybridized carbons (Fsp3) is 0.538. The van der Waals surface area contributed by atoms with E-state index in [1.807, 2.05) is 6.92 Å². The van der Waals surface area contributed by atoms with Crippen molar-refractivity contribution in [2.24, 2.45) is 0 Å². The number of piperidine rings is 1. The lowest BCUT2D eigenvalue weighted by Gasteiger charge is -2.25. The van der Waals surface area contributed by atoms with Crippen LogP contribution in [0.25, 0.3) is 5.52 Å². The summed E-state index contributed by atoms with van der Waals surface area (Å²) in [6.45, 7) is 2.99. The summed E-state index contributed by atoms with van der Waals surface area (Å²) in [4.78, 5) is 12.0. The molecule has 1 N–H and O–H groups in total. The Bertz CT molecular complexity index is 816. The van der Waals surface area contributed by atoms with E-state index < -0.39 is 10.0 Å². The van der Waals surface area contributed by atoms with Crippen LogP contribution in [0.2, 0.25) is 0 Å². The van der Waals surface area contributed by atoms with Crippen LogP contribution in [0.1, 0.15) is 32.0 Å². The standard InChI is InChI=1S/C13H18N4O3S/c1-2-12-14-15-13(18)11-8-10(9-17(11)12)21(19,20)16-6-4-3-5-7-16/h8-9H,2-7H2,1H3,(H,15,18). The van der Waals surface area contributed by atoms with Gasteiger partial charge in [0.25, 0.3) is 5.56 Å². The fourth-order valence-corrected chi connectivity index (χ4v) is 4.23.